The van der Waals surface area contributed by atoms with Crippen LogP contribution in [0.2, 0.25) is 0 Å². The van der Waals surface area contributed by atoms with Gasteiger partial charge in [-0.25, -0.2) is 4.79 Å². The van der Waals surface area contributed by atoms with E-state index in [-0.39, 0.29) is 0 Å². The molecule has 0 saturated heterocycles. The van der Waals surface area contributed by atoms with Crippen molar-refractivity contribution in [3.05, 3.63) is 59.2 Å². The molecule has 3 atom stereocenters. The molecule has 0 bridgehead atoms. The zero-order chi connectivity index (χ0) is 14.4. The van der Waals surface area contributed by atoms with Crippen molar-refractivity contribution in [2.24, 2.45) is 5.92 Å². The molecule has 4 rings (SSSR count). The highest BCUT2D eigenvalue weighted by Gasteiger charge is 2.35. The lowest BCUT2D eigenvalue weighted by molar-refractivity contribution is 0.155. The number of aliphatic hydroxyl groups excluding tert-OH is 1. The third-order valence-electron chi connectivity index (χ3n) is 4.90. The second-order valence-corrected chi connectivity index (χ2v) is 6.00. The van der Waals surface area contributed by atoms with Crippen molar-refractivity contribution in [3.63, 3.8) is 0 Å². The molecule has 2 aromatic rings. The number of rotatable bonds is 0. The zero-order valence-corrected chi connectivity index (χ0v) is 11.6. The van der Waals surface area contributed by atoms with E-state index in [0.29, 0.717) is 30.3 Å². The number of hydrogen-bond acceptors (Lipinski definition) is 2. The molecule has 0 spiro atoms. The van der Waals surface area contributed by atoms with Crippen molar-refractivity contribution in [1.82, 2.24) is 0 Å². The monoisotopic (exact) mass is 276 g/mol. The SMILES string of the molecule is O=C=C1CC2C=Cc3c(ccc4ccccc34)C2C[C@H]1O. The molecule has 1 fully saturated rings. The molecule has 2 heteroatoms. The van der Waals surface area contributed by atoms with E-state index in [1.807, 2.05) is 5.94 Å². The molecule has 0 aromatic heterocycles. The van der Waals surface area contributed by atoms with Gasteiger partial charge in [0.05, 0.1) is 6.10 Å². The van der Waals surface area contributed by atoms with Crippen LogP contribution >= 0.6 is 0 Å². The Kier molecular flexibility index (Phi) is 2.81. The summed E-state index contributed by atoms with van der Waals surface area (Å²) in [6, 6.07) is 12.7. The fraction of sp³-hybridized carbons (Fsp3) is 0.263. The van der Waals surface area contributed by atoms with Gasteiger partial charge in [-0.05, 0) is 46.6 Å². The molecule has 21 heavy (non-hydrogen) atoms. The maximum absolute atomic E-state index is 10.9. The molecule has 1 N–H and O–H groups in total. The van der Waals surface area contributed by atoms with Gasteiger partial charge >= 0.3 is 0 Å². The Morgan fingerprint density at radius 3 is 2.86 bits per heavy atom. The molecular formula is C19H16O2. The van der Waals surface area contributed by atoms with Gasteiger partial charge < -0.3 is 5.11 Å². The van der Waals surface area contributed by atoms with Crippen LogP contribution in [-0.4, -0.2) is 17.2 Å². The smallest absolute Gasteiger partial charge is 0.126 e. The van der Waals surface area contributed by atoms with E-state index in [2.05, 4.69) is 48.6 Å². The third kappa shape index (κ3) is 1.88. The molecule has 0 amide bonds. The predicted molar refractivity (Wildman–Crippen MR) is 83.7 cm³/mol. The summed E-state index contributed by atoms with van der Waals surface area (Å²) in [4.78, 5) is 10.9. The fourth-order valence-corrected chi connectivity index (χ4v) is 3.80. The van der Waals surface area contributed by atoms with Crippen LogP contribution in [0.25, 0.3) is 16.8 Å². The van der Waals surface area contributed by atoms with Gasteiger partial charge in [-0.2, -0.15) is 0 Å². The van der Waals surface area contributed by atoms with E-state index in [1.165, 1.54) is 21.9 Å². The summed E-state index contributed by atoms with van der Waals surface area (Å²) < 4.78 is 0. The standard InChI is InChI=1S/C19H16O2/c20-11-14-9-13-6-8-16-15-4-2-1-3-12(15)5-7-17(16)18(13)10-19(14)21/h1-8,13,18-19,21H,9-10H2/t13?,18?,19-/m1/s1. The quantitative estimate of drug-likeness (QED) is 0.748. The topological polar surface area (TPSA) is 37.3 Å². The van der Waals surface area contributed by atoms with Crippen molar-refractivity contribution in [2.75, 3.05) is 0 Å². The van der Waals surface area contributed by atoms with Crippen LogP contribution in [-0.2, 0) is 4.79 Å². The molecule has 0 heterocycles. The Bertz CT molecular complexity index is 796. The van der Waals surface area contributed by atoms with Crippen LogP contribution in [0.4, 0.5) is 0 Å². The second kappa shape index (κ2) is 4.70. The van der Waals surface area contributed by atoms with E-state index < -0.39 is 6.10 Å². The largest absolute Gasteiger partial charge is 0.388 e. The molecule has 2 unspecified atom stereocenters. The maximum atomic E-state index is 10.9. The number of carbonyl (C=O) groups excluding carboxylic acids is 1. The van der Waals surface area contributed by atoms with Crippen LogP contribution in [0.1, 0.15) is 29.9 Å². The summed E-state index contributed by atoms with van der Waals surface area (Å²) in [5.41, 5.74) is 3.08. The van der Waals surface area contributed by atoms with Gasteiger partial charge in [0.2, 0.25) is 0 Å². The van der Waals surface area contributed by atoms with E-state index in [4.69, 9.17) is 0 Å². The van der Waals surface area contributed by atoms with E-state index in [9.17, 15) is 9.90 Å². The van der Waals surface area contributed by atoms with Crippen molar-refractivity contribution in [1.29, 1.82) is 0 Å². The number of fused-ring (bicyclic) bond motifs is 5. The normalized spacial score (nSPS) is 27.1. The average Bonchev–Trinajstić information content (AvgIpc) is 2.53. The first-order valence-electron chi connectivity index (χ1n) is 7.39. The van der Waals surface area contributed by atoms with E-state index >= 15 is 0 Å². The van der Waals surface area contributed by atoms with E-state index in [1.54, 1.807) is 0 Å². The zero-order valence-electron chi connectivity index (χ0n) is 11.6. The fourth-order valence-electron chi connectivity index (χ4n) is 3.80. The summed E-state index contributed by atoms with van der Waals surface area (Å²) in [5.74, 6) is 2.52. The lowest BCUT2D eigenvalue weighted by Gasteiger charge is -2.36. The van der Waals surface area contributed by atoms with Gasteiger partial charge in [0, 0.05) is 5.57 Å². The van der Waals surface area contributed by atoms with Gasteiger partial charge in [-0.1, -0.05) is 48.6 Å². The summed E-state index contributed by atoms with van der Waals surface area (Å²) in [6.45, 7) is 0. The highest BCUT2D eigenvalue weighted by atomic mass is 16.3. The molecule has 2 aromatic carbocycles. The molecule has 1 saturated carbocycles. The summed E-state index contributed by atoms with van der Waals surface area (Å²) in [5, 5.41) is 12.6. The second-order valence-electron chi connectivity index (χ2n) is 6.00. The average molecular weight is 276 g/mol. The molecular weight excluding hydrogens is 260 g/mol. The lowest BCUT2D eigenvalue weighted by atomic mass is 9.68. The maximum Gasteiger partial charge on any atom is 0.126 e. The van der Waals surface area contributed by atoms with Crippen LogP contribution < -0.4 is 0 Å². The molecule has 2 aliphatic carbocycles. The molecule has 2 aliphatic rings. The summed E-state index contributed by atoms with van der Waals surface area (Å²) >= 11 is 0. The Morgan fingerprint density at radius 1 is 1.14 bits per heavy atom. The number of hydrogen-bond donors (Lipinski definition) is 1. The van der Waals surface area contributed by atoms with Gasteiger partial charge in [-0.15, -0.1) is 0 Å². The summed E-state index contributed by atoms with van der Waals surface area (Å²) in [7, 11) is 0. The minimum Gasteiger partial charge on any atom is -0.388 e. The Balaban J connectivity index is 1.87. The summed E-state index contributed by atoms with van der Waals surface area (Å²) in [6.07, 6.45) is 4.97. The first-order valence-corrected chi connectivity index (χ1v) is 7.39. The van der Waals surface area contributed by atoms with Crippen LogP contribution in [0, 0.1) is 5.92 Å². The van der Waals surface area contributed by atoms with Crippen molar-refractivity contribution >= 4 is 22.8 Å². The van der Waals surface area contributed by atoms with Crippen molar-refractivity contribution in [3.8, 4) is 0 Å². The molecule has 104 valence electrons. The van der Waals surface area contributed by atoms with Crippen LogP contribution in [0.3, 0.4) is 0 Å². The third-order valence-corrected chi connectivity index (χ3v) is 4.90. The van der Waals surface area contributed by atoms with Gasteiger partial charge in [0.1, 0.15) is 5.94 Å². The highest BCUT2D eigenvalue weighted by molar-refractivity contribution is 5.92. The number of aliphatic hydroxyl groups is 1. The van der Waals surface area contributed by atoms with Gasteiger partial charge in [0.15, 0.2) is 0 Å². The van der Waals surface area contributed by atoms with Gasteiger partial charge in [-0.3, -0.25) is 0 Å². The lowest BCUT2D eigenvalue weighted by Crippen LogP contribution is -2.29. The molecule has 2 nitrogen and oxygen atoms in total. The van der Waals surface area contributed by atoms with Crippen molar-refractivity contribution in [2.45, 2.75) is 24.9 Å². The minimum absolute atomic E-state index is 0.293. The Hall–Kier alpha value is -2.15. The highest BCUT2D eigenvalue weighted by Crippen LogP contribution is 2.46. The number of allylic oxidation sites excluding steroid dienone is 1. The molecule has 0 aliphatic heterocycles. The molecule has 0 radical (unpaired) electrons. The van der Waals surface area contributed by atoms with Gasteiger partial charge in [0.25, 0.3) is 0 Å². The number of benzene rings is 2. The van der Waals surface area contributed by atoms with E-state index in [0.717, 1.165) is 0 Å². The van der Waals surface area contributed by atoms with Crippen LogP contribution in [0.15, 0.2) is 48.0 Å². The Morgan fingerprint density at radius 2 is 2.00 bits per heavy atom. The minimum atomic E-state index is -0.644. The predicted octanol–water partition coefficient (Wildman–Crippen LogP) is 3.48. The first-order chi connectivity index (χ1) is 10.3. The van der Waals surface area contributed by atoms with Crippen LogP contribution in [0.5, 0.6) is 0 Å². The van der Waals surface area contributed by atoms with Crippen molar-refractivity contribution < 1.29 is 9.90 Å². The first kappa shape index (κ1) is 12.6. The Labute approximate surface area is 123 Å².